The van der Waals surface area contributed by atoms with Gasteiger partial charge in [0.05, 0.1) is 9.35 Å². The van der Waals surface area contributed by atoms with E-state index in [1.807, 2.05) is 30.3 Å². The fourth-order valence-electron chi connectivity index (χ4n) is 5.59. The summed E-state index contributed by atoms with van der Waals surface area (Å²) in [6.07, 6.45) is 2.78. The van der Waals surface area contributed by atoms with Crippen molar-refractivity contribution in [1.29, 1.82) is 0 Å². The standard InChI is InChI=1S/C31H39BrN4O3S/c1-20(2)14-26(34-31(38)29-16-22-6-4-5-7-28(22)40-29)30(37)33-23-10-13-36(18-23)17-21-8-9-27(25(32)15-21)39-24-11-12-35(3)19-24/h4-9,15-16,20,23-24,26H,10-14,17-19H2,1-3H3,(H,33,37)(H,34,38)/t23-,24-,26?/m0/s1. The van der Waals surface area contributed by atoms with Crippen LogP contribution in [-0.4, -0.2) is 73.0 Å². The average molecular weight is 628 g/mol. The first-order chi connectivity index (χ1) is 19.2. The summed E-state index contributed by atoms with van der Waals surface area (Å²) < 4.78 is 8.25. The third-order valence-corrected chi connectivity index (χ3v) is 9.38. The first-order valence-corrected chi connectivity index (χ1v) is 15.8. The highest BCUT2D eigenvalue weighted by molar-refractivity contribution is 9.10. The Morgan fingerprint density at radius 2 is 1.93 bits per heavy atom. The molecular formula is C31H39BrN4O3S. The molecule has 3 atom stereocenters. The number of benzene rings is 2. The number of nitrogens with zero attached hydrogens (tertiary/aromatic N) is 2. The third kappa shape index (κ3) is 7.43. The summed E-state index contributed by atoms with van der Waals surface area (Å²) in [5.41, 5.74) is 1.21. The number of carbonyl (C=O) groups is 2. The largest absolute Gasteiger partial charge is 0.488 e. The molecule has 3 aromatic rings. The van der Waals surface area contributed by atoms with Gasteiger partial charge < -0.3 is 20.3 Å². The van der Waals surface area contributed by atoms with Crippen molar-refractivity contribution in [1.82, 2.24) is 20.4 Å². The number of carbonyl (C=O) groups excluding carboxylic acids is 2. The molecule has 2 aliphatic rings. The first kappa shape index (κ1) is 29.0. The van der Waals surface area contributed by atoms with Crippen LogP contribution in [0.3, 0.4) is 0 Å². The van der Waals surface area contributed by atoms with Gasteiger partial charge in [-0.25, -0.2) is 0 Å². The molecule has 2 N–H and O–H groups in total. The van der Waals surface area contributed by atoms with Gasteiger partial charge >= 0.3 is 0 Å². The van der Waals surface area contributed by atoms with E-state index in [1.54, 1.807) is 0 Å². The van der Waals surface area contributed by atoms with Gasteiger partial charge in [-0.05, 0) is 83.4 Å². The Morgan fingerprint density at radius 1 is 1.10 bits per heavy atom. The molecule has 5 rings (SSSR count). The summed E-state index contributed by atoms with van der Waals surface area (Å²) in [6.45, 7) is 8.70. The fraction of sp³-hybridized carbons (Fsp3) is 0.484. The van der Waals surface area contributed by atoms with Crippen molar-refractivity contribution >= 4 is 49.2 Å². The van der Waals surface area contributed by atoms with Crippen LogP contribution in [0.1, 0.15) is 48.3 Å². The van der Waals surface area contributed by atoms with E-state index in [4.69, 9.17) is 4.74 Å². The van der Waals surface area contributed by atoms with Crippen LogP contribution in [0.2, 0.25) is 0 Å². The van der Waals surface area contributed by atoms with E-state index in [1.165, 1.54) is 16.9 Å². The molecule has 214 valence electrons. The second-order valence-corrected chi connectivity index (χ2v) is 13.5. The highest BCUT2D eigenvalue weighted by Crippen LogP contribution is 2.29. The lowest BCUT2D eigenvalue weighted by molar-refractivity contribution is -0.124. The molecule has 1 unspecified atom stereocenters. The summed E-state index contributed by atoms with van der Waals surface area (Å²) in [7, 11) is 2.13. The zero-order valence-electron chi connectivity index (χ0n) is 23.5. The van der Waals surface area contributed by atoms with E-state index in [2.05, 4.69) is 75.5 Å². The van der Waals surface area contributed by atoms with Gasteiger partial charge in [-0.1, -0.05) is 38.1 Å². The number of rotatable bonds is 10. The van der Waals surface area contributed by atoms with Gasteiger partial charge in [0.1, 0.15) is 17.9 Å². The average Bonchev–Trinajstić information content (AvgIpc) is 3.65. The lowest BCUT2D eigenvalue weighted by Crippen LogP contribution is -2.50. The highest BCUT2D eigenvalue weighted by Gasteiger charge is 2.29. The van der Waals surface area contributed by atoms with Crippen LogP contribution in [0.5, 0.6) is 5.75 Å². The van der Waals surface area contributed by atoms with Crippen molar-refractivity contribution in [3.8, 4) is 5.75 Å². The Kier molecular flexibility index (Phi) is 9.45. The highest BCUT2D eigenvalue weighted by atomic mass is 79.9. The van der Waals surface area contributed by atoms with Gasteiger partial charge in [0, 0.05) is 43.5 Å². The lowest BCUT2D eigenvalue weighted by atomic mass is 10.0. The van der Waals surface area contributed by atoms with Crippen LogP contribution in [0.25, 0.3) is 10.1 Å². The van der Waals surface area contributed by atoms with E-state index in [0.29, 0.717) is 11.3 Å². The number of likely N-dealkylation sites (tertiary alicyclic amines) is 2. The van der Waals surface area contributed by atoms with E-state index in [-0.39, 0.29) is 29.9 Å². The number of ether oxygens (including phenoxy) is 1. The summed E-state index contributed by atoms with van der Waals surface area (Å²) in [6, 6.07) is 15.7. The van der Waals surface area contributed by atoms with Crippen molar-refractivity contribution < 1.29 is 14.3 Å². The van der Waals surface area contributed by atoms with Gasteiger partial charge in [-0.15, -0.1) is 11.3 Å². The van der Waals surface area contributed by atoms with Gasteiger partial charge in [0.2, 0.25) is 5.91 Å². The molecular weight excluding hydrogens is 588 g/mol. The molecule has 1 aromatic heterocycles. The number of nitrogens with one attached hydrogen (secondary N) is 2. The number of thiophene rings is 1. The molecule has 0 radical (unpaired) electrons. The third-order valence-electron chi connectivity index (χ3n) is 7.64. The Morgan fingerprint density at radius 3 is 2.65 bits per heavy atom. The SMILES string of the molecule is CC(C)CC(NC(=O)c1cc2ccccc2s1)C(=O)N[C@H]1CCN(Cc2ccc(O[C@H]3CCN(C)C3)c(Br)c2)C1. The van der Waals surface area contributed by atoms with Gasteiger partial charge in [0.25, 0.3) is 5.91 Å². The fourth-order valence-corrected chi connectivity index (χ4v) is 7.07. The molecule has 0 bridgehead atoms. The molecule has 7 nitrogen and oxygen atoms in total. The Labute approximate surface area is 249 Å². The topological polar surface area (TPSA) is 73.9 Å². The molecule has 2 aliphatic heterocycles. The van der Waals surface area contributed by atoms with E-state index in [9.17, 15) is 9.59 Å². The van der Waals surface area contributed by atoms with Crippen LogP contribution in [0, 0.1) is 5.92 Å². The minimum absolute atomic E-state index is 0.0637. The zero-order chi connectivity index (χ0) is 28.2. The van der Waals surface area contributed by atoms with Crippen molar-refractivity contribution in [2.24, 2.45) is 5.92 Å². The van der Waals surface area contributed by atoms with Crippen LogP contribution in [-0.2, 0) is 11.3 Å². The number of amides is 2. The smallest absolute Gasteiger partial charge is 0.262 e. The summed E-state index contributed by atoms with van der Waals surface area (Å²) in [5, 5.41) is 7.28. The molecule has 2 saturated heterocycles. The van der Waals surface area contributed by atoms with Gasteiger partial charge in [-0.2, -0.15) is 0 Å². The van der Waals surface area contributed by atoms with Gasteiger partial charge in [0.15, 0.2) is 0 Å². The molecule has 2 aromatic carbocycles. The van der Waals surface area contributed by atoms with Crippen LogP contribution >= 0.6 is 27.3 Å². The quantitative estimate of drug-likeness (QED) is 0.320. The normalized spacial score (nSPS) is 20.7. The maximum atomic E-state index is 13.3. The number of likely N-dealkylation sites (N-methyl/N-ethyl adjacent to an activating group) is 1. The summed E-state index contributed by atoms with van der Waals surface area (Å²) in [4.78, 5) is 31.7. The molecule has 40 heavy (non-hydrogen) atoms. The predicted octanol–water partition coefficient (Wildman–Crippen LogP) is 5.28. The number of hydrogen-bond donors (Lipinski definition) is 2. The van der Waals surface area contributed by atoms with Crippen LogP contribution in [0.4, 0.5) is 0 Å². The molecule has 9 heteroatoms. The van der Waals surface area contributed by atoms with Crippen LogP contribution < -0.4 is 15.4 Å². The van der Waals surface area contributed by atoms with Crippen LogP contribution in [0.15, 0.2) is 53.0 Å². The lowest BCUT2D eigenvalue weighted by Gasteiger charge is -2.23. The zero-order valence-corrected chi connectivity index (χ0v) is 25.9. The Balaban J connectivity index is 1.14. The molecule has 2 fully saturated rings. The van der Waals surface area contributed by atoms with E-state index < -0.39 is 6.04 Å². The maximum Gasteiger partial charge on any atom is 0.262 e. The number of fused-ring (bicyclic) bond motifs is 1. The second-order valence-electron chi connectivity index (χ2n) is 11.6. The maximum absolute atomic E-state index is 13.3. The Bertz CT molecular complexity index is 1310. The van der Waals surface area contributed by atoms with Crippen molar-refractivity contribution in [2.45, 2.75) is 57.8 Å². The van der Waals surface area contributed by atoms with E-state index in [0.717, 1.165) is 65.9 Å². The first-order valence-electron chi connectivity index (χ1n) is 14.2. The number of hydrogen-bond acceptors (Lipinski definition) is 6. The Hall–Kier alpha value is -2.46. The monoisotopic (exact) mass is 626 g/mol. The predicted molar refractivity (Wildman–Crippen MR) is 165 cm³/mol. The molecule has 3 heterocycles. The minimum Gasteiger partial charge on any atom is -0.488 e. The molecule has 0 spiro atoms. The van der Waals surface area contributed by atoms with Gasteiger partial charge in [-0.3, -0.25) is 14.5 Å². The van der Waals surface area contributed by atoms with Crippen molar-refractivity contribution in [2.75, 3.05) is 33.2 Å². The number of halogens is 1. The minimum atomic E-state index is -0.560. The molecule has 0 saturated carbocycles. The molecule has 2 amide bonds. The van der Waals surface area contributed by atoms with Crippen molar-refractivity contribution in [3.05, 3.63) is 63.4 Å². The second kappa shape index (κ2) is 13.0. The summed E-state index contributed by atoms with van der Waals surface area (Å²) >= 11 is 5.16. The van der Waals surface area contributed by atoms with E-state index >= 15 is 0 Å². The summed E-state index contributed by atoms with van der Waals surface area (Å²) in [5.74, 6) is 0.882. The molecule has 0 aliphatic carbocycles. The van der Waals surface area contributed by atoms with Crippen molar-refractivity contribution in [3.63, 3.8) is 0 Å².